The van der Waals surface area contributed by atoms with Crippen LogP contribution in [0.15, 0.2) is 24.3 Å². The highest BCUT2D eigenvalue weighted by atomic mass is 32.2. The van der Waals surface area contributed by atoms with Gasteiger partial charge < -0.3 is 4.74 Å². The Hall–Kier alpha value is -1.91. The van der Waals surface area contributed by atoms with E-state index >= 15 is 0 Å². The zero-order chi connectivity index (χ0) is 26.4. The maximum Gasteiger partial charge on any atom is 0.460 e. The van der Waals surface area contributed by atoms with Crippen LogP contribution in [-0.4, -0.2) is 43.9 Å². The second-order valence-corrected chi connectivity index (χ2v) is 8.87. The van der Waals surface area contributed by atoms with Crippen LogP contribution in [0, 0.1) is 0 Å². The van der Waals surface area contributed by atoms with Gasteiger partial charge in [0.2, 0.25) is 0 Å². The van der Waals surface area contributed by atoms with Crippen LogP contribution in [0.5, 0.6) is 5.75 Å². The minimum Gasteiger partial charge on any atom is -0.490 e. The number of hydrogen-bond donors (Lipinski definition) is 0. The topological polar surface area (TPSA) is 52.6 Å². The van der Waals surface area contributed by atoms with Crippen LogP contribution >= 0.6 is 0 Å². The lowest BCUT2D eigenvalue weighted by Gasteiger charge is -2.34. The van der Waals surface area contributed by atoms with Crippen LogP contribution in [0.3, 0.4) is 0 Å². The lowest BCUT2D eigenvalue weighted by atomic mass is 9.95. The average molecular weight is 542 g/mol. The molecule has 0 amide bonds. The average Bonchev–Trinajstić information content (AvgIpc) is 2.67. The third kappa shape index (κ3) is 5.33. The molecule has 0 radical (unpaired) electrons. The first-order valence-corrected chi connectivity index (χ1v) is 10.5. The summed E-state index contributed by atoms with van der Waals surface area (Å²) in [6.45, 7) is 0. The quantitative estimate of drug-likeness (QED) is 0.306. The van der Waals surface area contributed by atoms with Gasteiger partial charge in [0.15, 0.2) is 0 Å². The van der Waals surface area contributed by atoms with Gasteiger partial charge in [-0.05, 0) is 49.9 Å². The molecule has 0 heterocycles. The fourth-order valence-corrected chi connectivity index (χ4v) is 4.03. The standard InChI is InChI=1S/C17H14F12O4S/c18-13(19,20)9-1-3-10(4-2-9)32-11-5-7-12(8-6-11)33-34(30,31)17(28,29)15(23,24)14(21,22)16(25,26)27/h1-4,11-12H,5-8H2. The van der Waals surface area contributed by atoms with Gasteiger partial charge >= 0.3 is 39.6 Å². The van der Waals surface area contributed by atoms with E-state index in [2.05, 4.69) is 4.18 Å². The number of rotatable bonds is 7. The Morgan fingerprint density at radius 1 is 0.676 bits per heavy atom. The fraction of sp³-hybridized carbons (Fsp3) is 0.647. The first-order valence-electron chi connectivity index (χ1n) is 9.10. The fourth-order valence-electron chi connectivity index (χ4n) is 2.92. The molecule has 0 aromatic heterocycles. The molecule has 0 atom stereocenters. The first kappa shape index (κ1) is 28.3. The number of halogens is 12. The van der Waals surface area contributed by atoms with E-state index in [1.807, 2.05) is 0 Å². The zero-order valence-corrected chi connectivity index (χ0v) is 17.2. The number of hydrogen-bond acceptors (Lipinski definition) is 4. The minimum atomic E-state index is -7.40. The SMILES string of the molecule is O=S(=O)(OC1CCC(Oc2ccc(C(F)(F)F)cc2)CC1)C(F)(F)C(F)(F)C(F)(F)C(F)(F)F. The lowest BCUT2D eigenvalue weighted by molar-refractivity contribution is -0.382. The predicted molar refractivity (Wildman–Crippen MR) is 89.0 cm³/mol. The summed E-state index contributed by atoms with van der Waals surface area (Å²) in [6.07, 6.45) is -15.7. The summed E-state index contributed by atoms with van der Waals surface area (Å²) in [7, 11) is -6.97. The van der Waals surface area contributed by atoms with Crippen LogP contribution in [0.1, 0.15) is 31.2 Å². The largest absolute Gasteiger partial charge is 0.490 e. The molecule has 17 heteroatoms. The van der Waals surface area contributed by atoms with Crippen molar-refractivity contribution >= 4 is 10.1 Å². The Kier molecular flexibility index (Phi) is 7.45. The predicted octanol–water partition coefficient (Wildman–Crippen LogP) is 6.17. The zero-order valence-electron chi connectivity index (χ0n) is 16.4. The van der Waals surface area contributed by atoms with Gasteiger partial charge in [-0.1, -0.05) is 0 Å². The number of alkyl halides is 12. The van der Waals surface area contributed by atoms with Crippen molar-refractivity contribution in [3.05, 3.63) is 29.8 Å². The van der Waals surface area contributed by atoms with Crippen molar-refractivity contribution in [3.63, 3.8) is 0 Å². The molecule has 0 N–H and O–H groups in total. The molecule has 196 valence electrons. The van der Waals surface area contributed by atoms with Gasteiger partial charge in [-0.3, -0.25) is 4.18 Å². The van der Waals surface area contributed by atoms with E-state index in [0.29, 0.717) is 12.1 Å². The number of ether oxygens (including phenoxy) is 1. The van der Waals surface area contributed by atoms with Crippen LogP contribution < -0.4 is 4.74 Å². The van der Waals surface area contributed by atoms with Gasteiger partial charge in [0, 0.05) is 0 Å². The molecule has 4 nitrogen and oxygen atoms in total. The minimum absolute atomic E-state index is 0.0365. The maximum absolute atomic E-state index is 13.7. The Morgan fingerprint density at radius 3 is 1.53 bits per heavy atom. The van der Waals surface area contributed by atoms with Crippen molar-refractivity contribution in [2.75, 3.05) is 0 Å². The summed E-state index contributed by atoms with van der Waals surface area (Å²) in [6, 6.07) is 3.35. The molecule has 1 saturated carbocycles. The van der Waals surface area contributed by atoms with Crippen LogP contribution in [-0.2, 0) is 20.5 Å². The normalized spacial score (nSPS) is 21.4. The Bertz CT molecular complexity index is 946. The van der Waals surface area contributed by atoms with E-state index < -0.39 is 70.2 Å². The first-order chi connectivity index (χ1) is 15.1. The third-order valence-electron chi connectivity index (χ3n) is 4.80. The summed E-state index contributed by atoms with van der Waals surface area (Å²) >= 11 is 0. The monoisotopic (exact) mass is 542 g/mol. The van der Waals surface area contributed by atoms with Crippen LogP contribution in [0.25, 0.3) is 0 Å². The van der Waals surface area contributed by atoms with E-state index in [0.717, 1.165) is 12.1 Å². The third-order valence-corrected chi connectivity index (χ3v) is 6.21. The van der Waals surface area contributed by atoms with Gasteiger partial charge in [0.1, 0.15) is 5.75 Å². The van der Waals surface area contributed by atoms with E-state index in [-0.39, 0.29) is 18.6 Å². The van der Waals surface area contributed by atoms with Crippen molar-refractivity contribution in [2.45, 2.75) is 67.3 Å². The van der Waals surface area contributed by atoms with Crippen molar-refractivity contribution in [1.29, 1.82) is 0 Å². The van der Waals surface area contributed by atoms with Gasteiger partial charge in [0.05, 0.1) is 17.8 Å². The second-order valence-electron chi connectivity index (χ2n) is 7.25. The highest BCUT2D eigenvalue weighted by Gasteiger charge is 2.85. The molecule has 1 aromatic rings. The highest BCUT2D eigenvalue weighted by Crippen LogP contribution is 2.55. The van der Waals surface area contributed by atoms with Gasteiger partial charge in [-0.2, -0.15) is 61.1 Å². The Morgan fingerprint density at radius 2 is 1.12 bits per heavy atom. The molecule has 0 aliphatic heterocycles. The molecular formula is C17H14F12O4S. The van der Waals surface area contributed by atoms with Gasteiger partial charge in [0.25, 0.3) is 0 Å². The highest BCUT2D eigenvalue weighted by molar-refractivity contribution is 7.87. The Balaban J connectivity index is 2.03. The molecular weight excluding hydrogens is 528 g/mol. The molecule has 0 unspecified atom stereocenters. The van der Waals surface area contributed by atoms with E-state index in [1.165, 1.54) is 0 Å². The summed E-state index contributed by atoms with van der Waals surface area (Å²) < 4.78 is 186. The Labute approximate surface area is 183 Å². The molecule has 0 bridgehead atoms. The smallest absolute Gasteiger partial charge is 0.460 e. The molecule has 1 aliphatic carbocycles. The van der Waals surface area contributed by atoms with Crippen molar-refractivity contribution < 1.29 is 70.0 Å². The summed E-state index contributed by atoms with van der Waals surface area (Å²) in [4.78, 5) is 0. The second kappa shape index (κ2) is 8.95. The summed E-state index contributed by atoms with van der Waals surface area (Å²) in [5, 5.41) is -6.94. The van der Waals surface area contributed by atoms with E-state index in [1.54, 1.807) is 0 Å². The summed E-state index contributed by atoms with van der Waals surface area (Å²) in [5.41, 5.74) is -0.976. The molecule has 1 fully saturated rings. The van der Waals surface area contributed by atoms with Gasteiger partial charge in [-0.15, -0.1) is 0 Å². The molecule has 1 aliphatic rings. The van der Waals surface area contributed by atoms with Crippen molar-refractivity contribution in [2.24, 2.45) is 0 Å². The van der Waals surface area contributed by atoms with Gasteiger partial charge in [-0.25, -0.2) is 0 Å². The molecule has 2 rings (SSSR count). The molecule has 0 spiro atoms. The summed E-state index contributed by atoms with van der Waals surface area (Å²) in [5.74, 6) is -14.8. The van der Waals surface area contributed by atoms with Crippen LogP contribution in [0.2, 0.25) is 0 Å². The maximum atomic E-state index is 13.7. The number of benzene rings is 1. The van der Waals surface area contributed by atoms with Crippen LogP contribution in [0.4, 0.5) is 52.7 Å². The van der Waals surface area contributed by atoms with Crippen molar-refractivity contribution in [3.8, 4) is 5.75 Å². The lowest BCUT2D eigenvalue weighted by Crippen LogP contribution is -2.63. The van der Waals surface area contributed by atoms with E-state index in [9.17, 15) is 61.1 Å². The van der Waals surface area contributed by atoms with E-state index in [4.69, 9.17) is 4.74 Å². The molecule has 1 aromatic carbocycles. The molecule has 0 saturated heterocycles. The molecule has 34 heavy (non-hydrogen) atoms. The van der Waals surface area contributed by atoms with Crippen molar-refractivity contribution in [1.82, 2.24) is 0 Å².